The molecule has 54 heavy (non-hydrogen) atoms. The van der Waals surface area contributed by atoms with Crippen LogP contribution < -0.4 is 0 Å². The fourth-order valence-electron chi connectivity index (χ4n) is 8.57. The number of nitrogens with zero attached hydrogens (tertiary/aromatic N) is 2. The number of unbranched alkanes of at least 4 members (excludes halogenated alkanes) is 2. The van der Waals surface area contributed by atoms with Gasteiger partial charge in [-0.2, -0.15) is 0 Å². The zero-order chi connectivity index (χ0) is 39.4. The van der Waals surface area contributed by atoms with Gasteiger partial charge in [-0.3, -0.25) is 9.98 Å². The minimum absolute atomic E-state index is 0.0518. The first-order valence-electron chi connectivity index (χ1n) is 20.2. The molecule has 2 aromatic carbocycles. The molecule has 304 valence electrons. The molecule has 0 aliphatic heterocycles. The van der Waals surface area contributed by atoms with Gasteiger partial charge in [-0.15, -0.1) is 0 Å². The minimum Gasteiger partial charge on any atom is -0.507 e. The van der Waals surface area contributed by atoms with Crippen LogP contribution in [0.2, 0.25) is 0 Å². The number of aliphatic imine (C=N–C) groups is 2. The lowest BCUT2D eigenvalue weighted by Gasteiger charge is -2.36. The van der Waals surface area contributed by atoms with Gasteiger partial charge in [0.2, 0.25) is 0 Å². The van der Waals surface area contributed by atoms with Crippen molar-refractivity contribution in [2.24, 2.45) is 9.98 Å². The largest absolute Gasteiger partial charge is 0.507 e. The molecule has 0 radical (unpaired) electrons. The summed E-state index contributed by atoms with van der Waals surface area (Å²) < 4.78 is 7.08. The lowest BCUT2D eigenvalue weighted by Crippen LogP contribution is -2.28. The van der Waals surface area contributed by atoms with E-state index >= 15 is 0 Å². The Balaban J connectivity index is 1.99. The maximum atomic E-state index is 11.4. The van der Waals surface area contributed by atoms with Gasteiger partial charge in [-0.05, 0) is 176 Å². The second-order valence-corrected chi connectivity index (χ2v) is 21.9. The Morgan fingerprint density at radius 1 is 0.519 bits per heavy atom. The number of hydrogen-bond acceptors (Lipinski definition) is 4. The summed E-state index contributed by atoms with van der Waals surface area (Å²) in [7, 11) is 0. The first kappa shape index (κ1) is 50.1. The molecule has 2 aromatic rings. The van der Waals surface area contributed by atoms with Crippen molar-refractivity contribution >= 4 is 148 Å². The molecule has 2 atom stereocenters. The Bertz CT molecular complexity index is 1330. The van der Waals surface area contributed by atoms with Crippen molar-refractivity contribution in [2.45, 2.75) is 152 Å². The molecule has 0 saturated heterocycles. The number of phenolic OH excluding ortho intramolecular Hbond substituents is 2. The van der Waals surface area contributed by atoms with E-state index in [9.17, 15) is 10.2 Å². The number of phenols is 2. The molecule has 2 N–H and O–H groups in total. The Labute approximate surface area is 410 Å². The van der Waals surface area contributed by atoms with Crippen molar-refractivity contribution in [1.29, 1.82) is 0 Å². The fourth-order valence-corrected chi connectivity index (χ4v) is 11.2. The van der Waals surface area contributed by atoms with E-state index in [2.05, 4.69) is 174 Å². The number of rotatable bonds is 26. The number of hydrogen-bond donors (Lipinski definition) is 2. The van der Waals surface area contributed by atoms with Crippen molar-refractivity contribution in [3.05, 3.63) is 57.6 Å². The van der Waals surface area contributed by atoms with Crippen LogP contribution >= 0.6 is 136 Å². The van der Waals surface area contributed by atoms with Gasteiger partial charge in [0, 0.05) is 23.6 Å². The van der Waals surface area contributed by atoms with E-state index in [1.54, 1.807) is 0 Å². The first-order valence-corrected chi connectivity index (χ1v) is 29.4. The van der Waals surface area contributed by atoms with Crippen molar-refractivity contribution in [3.63, 3.8) is 0 Å². The van der Waals surface area contributed by atoms with E-state index in [1.165, 1.54) is 128 Å². The molecule has 10 heteroatoms. The van der Waals surface area contributed by atoms with Crippen LogP contribution in [0.1, 0.15) is 149 Å². The van der Waals surface area contributed by atoms with Crippen molar-refractivity contribution < 1.29 is 10.2 Å². The zero-order valence-electron chi connectivity index (χ0n) is 32.6. The van der Waals surface area contributed by atoms with Gasteiger partial charge < -0.3 is 10.2 Å². The van der Waals surface area contributed by atoms with Crippen LogP contribution in [0.25, 0.3) is 0 Å². The highest BCUT2D eigenvalue weighted by Gasteiger charge is 2.33. The topological polar surface area (TPSA) is 65.2 Å². The molecule has 0 aromatic heterocycles. The molecule has 1 aliphatic rings. The van der Waals surface area contributed by atoms with Crippen molar-refractivity contribution in [1.82, 2.24) is 0 Å². The van der Waals surface area contributed by atoms with Gasteiger partial charge in [0.15, 0.2) is 0 Å². The van der Waals surface area contributed by atoms with Crippen molar-refractivity contribution in [2.75, 3.05) is 26.6 Å². The predicted molar refractivity (Wildman–Crippen MR) is 288 cm³/mol. The third-order valence-corrected chi connectivity index (χ3v) is 16.2. The van der Waals surface area contributed by atoms with Gasteiger partial charge in [0.05, 0.1) is 12.1 Å². The minimum atomic E-state index is 0.0518. The van der Waals surface area contributed by atoms with Crippen LogP contribution in [0.15, 0.2) is 34.3 Å². The highest BCUT2D eigenvalue weighted by atomic mass is 127. The molecule has 1 saturated carbocycles. The number of alkyl halides is 6. The Kier molecular flexibility index (Phi) is 25.6. The molecular weight excluding hydrogens is 1350 g/mol. The first-order chi connectivity index (χ1) is 26.1. The van der Waals surface area contributed by atoms with Crippen LogP contribution in [0.5, 0.6) is 11.5 Å². The van der Waals surface area contributed by atoms with Gasteiger partial charge in [0.1, 0.15) is 11.5 Å². The Morgan fingerprint density at radius 3 is 1.15 bits per heavy atom. The quantitative estimate of drug-likeness (QED) is 0.0427. The summed E-state index contributed by atoms with van der Waals surface area (Å²) in [6.45, 7) is 4.11. The fraction of sp³-hybridized carbons (Fsp3) is 0.682. The molecule has 0 spiro atoms. The van der Waals surface area contributed by atoms with Gasteiger partial charge >= 0.3 is 0 Å². The third kappa shape index (κ3) is 15.3. The maximum Gasteiger partial charge on any atom is 0.127 e. The molecular formula is C44H64I6N2O2. The normalized spacial score (nSPS) is 17.0. The highest BCUT2D eigenvalue weighted by Crippen LogP contribution is 2.44. The number of benzene rings is 2. The Morgan fingerprint density at radius 2 is 0.833 bits per heavy atom. The molecule has 0 bridgehead atoms. The van der Waals surface area contributed by atoms with Crippen LogP contribution in [-0.2, 0) is 10.8 Å². The summed E-state index contributed by atoms with van der Waals surface area (Å²) in [5.74, 6) is 0.707. The van der Waals surface area contributed by atoms with E-state index in [0.717, 1.165) is 47.9 Å². The molecule has 0 amide bonds. The third-order valence-electron chi connectivity index (χ3n) is 11.6. The second kappa shape index (κ2) is 27.6. The van der Waals surface area contributed by atoms with E-state index < -0.39 is 0 Å². The van der Waals surface area contributed by atoms with Crippen LogP contribution in [0.4, 0.5) is 0 Å². The summed E-state index contributed by atoms with van der Waals surface area (Å²) >= 11 is 15.2. The lowest BCUT2D eigenvalue weighted by molar-refractivity contribution is 0.324. The average Bonchev–Trinajstić information content (AvgIpc) is 3.18. The molecule has 3 rings (SSSR count). The number of aryl methyl sites for hydroxylation is 2. The molecule has 4 nitrogen and oxygen atoms in total. The molecule has 1 fully saturated rings. The predicted octanol–water partition coefficient (Wildman–Crippen LogP) is 15.1. The van der Waals surface area contributed by atoms with Crippen LogP contribution in [0.3, 0.4) is 0 Å². The Hall–Kier alpha value is 1.76. The van der Waals surface area contributed by atoms with Gasteiger partial charge in [-0.1, -0.05) is 173 Å². The molecule has 0 heterocycles. The lowest BCUT2D eigenvalue weighted by atomic mass is 9.69. The van der Waals surface area contributed by atoms with Gasteiger partial charge in [0.25, 0.3) is 0 Å². The van der Waals surface area contributed by atoms with Crippen LogP contribution in [0, 0.1) is 13.8 Å². The highest BCUT2D eigenvalue weighted by molar-refractivity contribution is 14.1. The molecule has 0 unspecified atom stereocenters. The summed E-state index contributed by atoms with van der Waals surface area (Å²) in [6, 6.07) is 9.19. The molecule has 1 aliphatic carbocycles. The zero-order valence-corrected chi connectivity index (χ0v) is 45.6. The summed E-state index contributed by atoms with van der Waals surface area (Å²) in [5.41, 5.74) is 6.62. The van der Waals surface area contributed by atoms with E-state index in [1.807, 2.05) is 12.4 Å². The summed E-state index contributed by atoms with van der Waals surface area (Å²) in [6.07, 6.45) is 25.2. The monoisotopic (exact) mass is 1410 g/mol. The van der Waals surface area contributed by atoms with E-state index in [0.29, 0.717) is 11.5 Å². The van der Waals surface area contributed by atoms with Gasteiger partial charge in [-0.25, -0.2) is 0 Å². The average molecular weight is 1410 g/mol. The number of aromatic hydroxyl groups is 2. The SMILES string of the molecule is Cc1cc(C(CCCI)(CCCI)CCCCI)cc(C=N[C@H]2CCCC[C@@H]2N=Cc2cc(C(CCCI)(CCCI)CCCCI)cc(C)c2O)c1O. The van der Waals surface area contributed by atoms with E-state index in [4.69, 9.17) is 9.98 Å². The second-order valence-electron chi connectivity index (χ2n) is 15.5. The number of halogens is 6. The smallest absolute Gasteiger partial charge is 0.127 e. The van der Waals surface area contributed by atoms with Crippen molar-refractivity contribution in [3.8, 4) is 11.5 Å². The maximum absolute atomic E-state index is 11.4. The van der Waals surface area contributed by atoms with E-state index in [-0.39, 0.29) is 22.9 Å². The summed E-state index contributed by atoms with van der Waals surface area (Å²) in [4.78, 5) is 10.4. The van der Waals surface area contributed by atoms with Crippen LogP contribution in [-0.4, -0.2) is 61.3 Å². The summed E-state index contributed by atoms with van der Waals surface area (Å²) in [5, 5.41) is 22.7. The standard InChI is InChI=1S/C44H64I6N2O2/c1-33-27-37(43(17-9-23-47,18-10-24-48)15-5-7-21-45)29-35(41(33)53)31-51-39-13-3-4-14-40(39)52-32-36-30-38(28-34(2)42(36)54)44(19-11-25-49,20-12-26-50)16-6-8-22-46/h27-32,39-40,53-54H,3-26H2,1-2H3/t39-,40-/m0/s1.